The minimum atomic E-state index is -0.632. The summed E-state index contributed by atoms with van der Waals surface area (Å²) in [6.07, 6.45) is 0.571. The van der Waals surface area contributed by atoms with Crippen LogP contribution in [0.1, 0.15) is 43.8 Å². The van der Waals surface area contributed by atoms with Crippen molar-refractivity contribution in [2.75, 3.05) is 13.2 Å². The van der Waals surface area contributed by atoms with E-state index in [1.54, 1.807) is 0 Å². The second-order valence-electron chi connectivity index (χ2n) is 4.23. The molecule has 2 rings (SSSR count). The van der Waals surface area contributed by atoms with Gasteiger partial charge in [-0.05, 0) is 31.4 Å². The van der Waals surface area contributed by atoms with Crippen LogP contribution in [-0.2, 0) is 4.74 Å². The van der Waals surface area contributed by atoms with E-state index in [1.165, 1.54) is 6.42 Å². The van der Waals surface area contributed by atoms with Gasteiger partial charge >= 0.3 is 0 Å². The van der Waals surface area contributed by atoms with E-state index in [0.29, 0.717) is 24.9 Å². The normalized spacial score (nSPS) is 26.6. The predicted molar refractivity (Wildman–Crippen MR) is 56.7 cm³/mol. The largest absolute Gasteiger partial charge is 0.463 e. The Morgan fingerprint density at radius 1 is 1.60 bits per heavy atom. The van der Waals surface area contributed by atoms with Gasteiger partial charge in [-0.2, -0.15) is 0 Å². The molecule has 1 aromatic heterocycles. The maximum atomic E-state index is 9.71. The Balaban J connectivity index is 1.94. The molecule has 0 radical (unpaired) electrons. The van der Waals surface area contributed by atoms with Crippen molar-refractivity contribution >= 4 is 0 Å². The Bertz CT molecular complexity index is 318. The standard InChI is InChI=1S/C12H18O3/c1-3-14-7-10(13)12-5-4-11(15-12)9-6-8(9)2/h4-5,8-10,13H,3,6-7H2,1-2H3. The first-order chi connectivity index (χ1) is 7.22. The van der Waals surface area contributed by atoms with Gasteiger partial charge in [-0.15, -0.1) is 0 Å². The Morgan fingerprint density at radius 2 is 2.33 bits per heavy atom. The van der Waals surface area contributed by atoms with Gasteiger partial charge in [0.2, 0.25) is 0 Å². The number of furan rings is 1. The lowest BCUT2D eigenvalue weighted by Gasteiger charge is -2.06. The number of ether oxygens (including phenoxy) is 1. The van der Waals surface area contributed by atoms with E-state index >= 15 is 0 Å². The van der Waals surface area contributed by atoms with Gasteiger partial charge in [-0.25, -0.2) is 0 Å². The zero-order valence-electron chi connectivity index (χ0n) is 9.27. The molecule has 0 spiro atoms. The molecule has 1 aliphatic rings. The van der Waals surface area contributed by atoms with E-state index in [-0.39, 0.29) is 0 Å². The molecule has 0 amide bonds. The number of aliphatic hydroxyl groups excluding tert-OH is 1. The van der Waals surface area contributed by atoms with Crippen molar-refractivity contribution in [1.29, 1.82) is 0 Å². The lowest BCUT2D eigenvalue weighted by Crippen LogP contribution is -2.05. The summed E-state index contributed by atoms with van der Waals surface area (Å²) in [6, 6.07) is 3.82. The minimum absolute atomic E-state index is 0.309. The molecule has 3 unspecified atom stereocenters. The highest BCUT2D eigenvalue weighted by Gasteiger charge is 2.36. The zero-order chi connectivity index (χ0) is 10.8. The number of aliphatic hydroxyl groups is 1. The molecular formula is C12H18O3. The first-order valence-electron chi connectivity index (χ1n) is 5.57. The van der Waals surface area contributed by atoms with Crippen molar-refractivity contribution in [3.63, 3.8) is 0 Å². The maximum Gasteiger partial charge on any atom is 0.135 e. The van der Waals surface area contributed by atoms with E-state index in [9.17, 15) is 5.11 Å². The summed E-state index contributed by atoms with van der Waals surface area (Å²) in [5, 5.41) is 9.71. The van der Waals surface area contributed by atoms with Crippen molar-refractivity contribution in [3.05, 3.63) is 23.7 Å². The molecule has 3 nitrogen and oxygen atoms in total. The van der Waals surface area contributed by atoms with Crippen LogP contribution in [0.5, 0.6) is 0 Å². The summed E-state index contributed by atoms with van der Waals surface area (Å²) < 4.78 is 10.8. The predicted octanol–water partition coefficient (Wildman–Crippen LogP) is 2.47. The highest BCUT2D eigenvalue weighted by Crippen LogP contribution is 2.47. The summed E-state index contributed by atoms with van der Waals surface area (Å²) in [4.78, 5) is 0. The molecule has 1 aliphatic carbocycles. The monoisotopic (exact) mass is 210 g/mol. The van der Waals surface area contributed by atoms with Crippen LogP contribution in [0.15, 0.2) is 16.5 Å². The van der Waals surface area contributed by atoms with Crippen molar-refractivity contribution in [1.82, 2.24) is 0 Å². The van der Waals surface area contributed by atoms with Crippen LogP contribution in [0.25, 0.3) is 0 Å². The van der Waals surface area contributed by atoms with Crippen LogP contribution in [0.2, 0.25) is 0 Å². The first-order valence-corrected chi connectivity index (χ1v) is 5.57. The van der Waals surface area contributed by atoms with Crippen molar-refractivity contribution < 1.29 is 14.3 Å². The average molecular weight is 210 g/mol. The summed E-state index contributed by atoms with van der Waals surface area (Å²) in [7, 11) is 0. The summed E-state index contributed by atoms with van der Waals surface area (Å²) in [5.74, 6) is 2.93. The van der Waals surface area contributed by atoms with E-state index in [2.05, 4.69) is 6.92 Å². The summed E-state index contributed by atoms with van der Waals surface area (Å²) in [6.45, 7) is 5.05. The topological polar surface area (TPSA) is 42.6 Å². The zero-order valence-corrected chi connectivity index (χ0v) is 9.27. The smallest absolute Gasteiger partial charge is 0.135 e. The number of rotatable bonds is 5. The van der Waals surface area contributed by atoms with Gasteiger partial charge in [0.25, 0.3) is 0 Å². The van der Waals surface area contributed by atoms with Gasteiger partial charge in [-0.3, -0.25) is 0 Å². The van der Waals surface area contributed by atoms with E-state index < -0.39 is 6.10 Å². The van der Waals surface area contributed by atoms with Gasteiger partial charge < -0.3 is 14.3 Å². The molecule has 1 saturated carbocycles. The molecule has 3 heteroatoms. The molecule has 0 aromatic carbocycles. The van der Waals surface area contributed by atoms with Crippen LogP contribution in [0.3, 0.4) is 0 Å². The molecule has 3 atom stereocenters. The van der Waals surface area contributed by atoms with Gasteiger partial charge in [0.05, 0.1) is 6.61 Å². The van der Waals surface area contributed by atoms with Gasteiger partial charge in [0, 0.05) is 12.5 Å². The van der Waals surface area contributed by atoms with E-state index in [0.717, 1.165) is 11.7 Å². The third kappa shape index (κ3) is 2.41. The van der Waals surface area contributed by atoms with Crippen molar-refractivity contribution in [2.45, 2.75) is 32.3 Å². The quantitative estimate of drug-likeness (QED) is 0.811. The second-order valence-corrected chi connectivity index (χ2v) is 4.23. The molecular weight excluding hydrogens is 192 g/mol. The third-order valence-corrected chi connectivity index (χ3v) is 2.93. The summed E-state index contributed by atoms with van der Waals surface area (Å²) in [5.41, 5.74) is 0. The van der Waals surface area contributed by atoms with Crippen LogP contribution in [0, 0.1) is 5.92 Å². The number of hydrogen-bond acceptors (Lipinski definition) is 3. The Kier molecular flexibility index (Phi) is 3.12. The molecule has 1 N–H and O–H groups in total. The Labute approximate surface area is 90.0 Å². The first kappa shape index (κ1) is 10.7. The lowest BCUT2D eigenvalue weighted by atomic mass is 10.2. The van der Waals surface area contributed by atoms with Crippen molar-refractivity contribution in [3.8, 4) is 0 Å². The molecule has 0 aliphatic heterocycles. The minimum Gasteiger partial charge on any atom is -0.463 e. The lowest BCUT2D eigenvalue weighted by molar-refractivity contribution is 0.0297. The third-order valence-electron chi connectivity index (χ3n) is 2.93. The van der Waals surface area contributed by atoms with Gasteiger partial charge in [0.1, 0.15) is 17.6 Å². The summed E-state index contributed by atoms with van der Waals surface area (Å²) >= 11 is 0. The maximum absolute atomic E-state index is 9.71. The molecule has 1 fully saturated rings. The molecule has 0 bridgehead atoms. The molecule has 15 heavy (non-hydrogen) atoms. The molecule has 84 valence electrons. The SMILES string of the molecule is CCOCC(O)c1ccc(C2CC2C)o1. The van der Waals surface area contributed by atoms with Crippen LogP contribution in [-0.4, -0.2) is 18.3 Å². The van der Waals surface area contributed by atoms with Crippen LogP contribution >= 0.6 is 0 Å². The van der Waals surface area contributed by atoms with Crippen LogP contribution in [0.4, 0.5) is 0 Å². The fourth-order valence-corrected chi connectivity index (χ4v) is 1.78. The fraction of sp³-hybridized carbons (Fsp3) is 0.667. The Hall–Kier alpha value is -0.800. The van der Waals surface area contributed by atoms with Gasteiger partial charge in [-0.1, -0.05) is 6.92 Å². The van der Waals surface area contributed by atoms with Crippen molar-refractivity contribution in [2.24, 2.45) is 5.92 Å². The Morgan fingerprint density at radius 3 is 2.93 bits per heavy atom. The highest BCUT2D eigenvalue weighted by atomic mass is 16.5. The highest BCUT2D eigenvalue weighted by molar-refractivity contribution is 5.18. The van der Waals surface area contributed by atoms with Gasteiger partial charge in [0.15, 0.2) is 0 Å². The molecule has 0 saturated heterocycles. The fourth-order valence-electron chi connectivity index (χ4n) is 1.78. The van der Waals surface area contributed by atoms with E-state index in [4.69, 9.17) is 9.15 Å². The van der Waals surface area contributed by atoms with E-state index in [1.807, 2.05) is 19.1 Å². The van der Waals surface area contributed by atoms with Crippen LogP contribution < -0.4 is 0 Å². The molecule has 1 aromatic rings. The second kappa shape index (κ2) is 4.37. The average Bonchev–Trinajstić information content (AvgIpc) is 2.80. The number of hydrogen-bond donors (Lipinski definition) is 1. The molecule has 1 heterocycles.